The van der Waals surface area contributed by atoms with Crippen LogP contribution in [0.1, 0.15) is 31.4 Å². The molecule has 1 aromatic heterocycles. The summed E-state index contributed by atoms with van der Waals surface area (Å²) < 4.78 is 2.03. The average Bonchev–Trinajstić information content (AvgIpc) is 2.58. The van der Waals surface area contributed by atoms with Gasteiger partial charge in [0, 0.05) is 36.6 Å². The molecule has 1 aromatic carbocycles. The predicted octanol–water partition coefficient (Wildman–Crippen LogP) is 3.47. The van der Waals surface area contributed by atoms with Crippen LogP contribution < -0.4 is 14.8 Å². The molecule has 128 valence electrons. The van der Waals surface area contributed by atoms with Crippen LogP contribution in [-0.4, -0.2) is 19.0 Å². The Bertz CT molecular complexity index is 676. The summed E-state index contributed by atoms with van der Waals surface area (Å²) in [6, 6.07) is 10.3. The van der Waals surface area contributed by atoms with Gasteiger partial charge in [-0.3, -0.25) is 4.79 Å². The number of aryl methyl sites for hydroxylation is 3. The van der Waals surface area contributed by atoms with Gasteiger partial charge in [0.15, 0.2) is 18.9 Å². The summed E-state index contributed by atoms with van der Waals surface area (Å²) >= 11 is 0. The number of pyridine rings is 1. The van der Waals surface area contributed by atoms with Crippen LogP contribution in [0.5, 0.6) is 0 Å². The summed E-state index contributed by atoms with van der Waals surface area (Å²) in [5, 5.41) is 3.02. The first-order chi connectivity index (χ1) is 11.5. The van der Waals surface area contributed by atoms with E-state index in [0.717, 1.165) is 24.3 Å². The molecular formula is C20H28N3O+. The summed E-state index contributed by atoms with van der Waals surface area (Å²) in [7, 11) is 0. The molecule has 4 heteroatoms. The molecule has 0 bridgehead atoms. The third-order valence-electron chi connectivity index (χ3n) is 4.27. The van der Waals surface area contributed by atoms with E-state index in [2.05, 4.69) is 43.1 Å². The monoisotopic (exact) mass is 326 g/mol. The molecule has 0 atom stereocenters. The Morgan fingerprint density at radius 3 is 2.33 bits per heavy atom. The molecular weight excluding hydrogens is 298 g/mol. The summed E-state index contributed by atoms with van der Waals surface area (Å²) in [4.78, 5) is 14.5. The van der Waals surface area contributed by atoms with Gasteiger partial charge in [0.2, 0.25) is 5.91 Å². The topological polar surface area (TPSA) is 36.2 Å². The third-order valence-corrected chi connectivity index (χ3v) is 4.27. The van der Waals surface area contributed by atoms with E-state index in [4.69, 9.17) is 0 Å². The van der Waals surface area contributed by atoms with E-state index in [1.807, 2.05) is 42.1 Å². The number of amides is 1. The molecule has 1 heterocycles. The van der Waals surface area contributed by atoms with Gasteiger partial charge in [-0.2, -0.15) is 0 Å². The highest BCUT2D eigenvalue weighted by atomic mass is 16.1. The zero-order chi connectivity index (χ0) is 17.5. The van der Waals surface area contributed by atoms with Gasteiger partial charge >= 0.3 is 0 Å². The number of carbonyl (C=O) groups is 1. The highest BCUT2D eigenvalue weighted by Gasteiger charge is 2.10. The largest absolute Gasteiger partial charge is 0.372 e. The summed E-state index contributed by atoms with van der Waals surface area (Å²) in [6.45, 7) is 11.0. The Kier molecular flexibility index (Phi) is 6.36. The standard InChI is InChI=1S/C20H27N3O/c1-5-23(6-2)18-7-8-19(17(4)15-18)21-20(24)11-14-22-12-9-16(3)10-13-22/h7-10,12-13,15H,5-6,11,14H2,1-4H3/p+1. The Balaban J connectivity index is 1.95. The summed E-state index contributed by atoms with van der Waals surface area (Å²) in [5.74, 6) is 0.0433. The number of nitrogens with zero attached hydrogens (tertiary/aromatic N) is 2. The van der Waals surface area contributed by atoms with Crippen molar-refractivity contribution < 1.29 is 9.36 Å². The Labute approximate surface area is 145 Å². The lowest BCUT2D eigenvalue weighted by Gasteiger charge is -2.22. The lowest BCUT2D eigenvalue weighted by atomic mass is 10.1. The number of hydrogen-bond acceptors (Lipinski definition) is 2. The number of benzene rings is 1. The molecule has 0 saturated carbocycles. The Hall–Kier alpha value is -2.36. The smallest absolute Gasteiger partial charge is 0.230 e. The average molecular weight is 326 g/mol. The van der Waals surface area contributed by atoms with E-state index in [1.165, 1.54) is 11.3 Å². The number of hydrogen-bond donors (Lipinski definition) is 1. The second kappa shape index (κ2) is 8.48. The minimum absolute atomic E-state index is 0.0433. The summed E-state index contributed by atoms with van der Waals surface area (Å²) in [6.07, 6.45) is 4.48. The van der Waals surface area contributed by atoms with Gasteiger partial charge in [0.25, 0.3) is 0 Å². The van der Waals surface area contributed by atoms with Crippen LogP contribution in [0.25, 0.3) is 0 Å². The van der Waals surface area contributed by atoms with Gasteiger partial charge in [-0.25, -0.2) is 4.57 Å². The van der Waals surface area contributed by atoms with Gasteiger partial charge in [0.05, 0.1) is 6.42 Å². The fourth-order valence-corrected chi connectivity index (χ4v) is 2.70. The van der Waals surface area contributed by atoms with Gasteiger partial charge < -0.3 is 10.2 Å². The maximum atomic E-state index is 12.2. The van der Waals surface area contributed by atoms with Crippen LogP contribution >= 0.6 is 0 Å². The van der Waals surface area contributed by atoms with E-state index >= 15 is 0 Å². The predicted molar refractivity (Wildman–Crippen MR) is 99.4 cm³/mol. The molecule has 2 aromatic rings. The maximum absolute atomic E-state index is 12.2. The molecule has 0 saturated heterocycles. The third kappa shape index (κ3) is 4.82. The van der Waals surface area contributed by atoms with Crippen LogP contribution in [0.4, 0.5) is 11.4 Å². The van der Waals surface area contributed by atoms with Crippen LogP contribution in [0.15, 0.2) is 42.7 Å². The summed E-state index contributed by atoms with van der Waals surface area (Å²) in [5.41, 5.74) is 4.41. The molecule has 2 rings (SSSR count). The molecule has 0 fully saturated rings. The number of carbonyl (C=O) groups excluding carboxylic acids is 1. The van der Waals surface area contributed by atoms with E-state index < -0.39 is 0 Å². The molecule has 24 heavy (non-hydrogen) atoms. The molecule has 0 unspecified atom stereocenters. The van der Waals surface area contributed by atoms with Crippen molar-refractivity contribution in [1.29, 1.82) is 0 Å². The SMILES string of the molecule is CCN(CC)c1ccc(NC(=O)CC[n+]2ccc(C)cc2)c(C)c1. The minimum atomic E-state index is 0.0433. The number of aromatic nitrogens is 1. The van der Waals surface area contributed by atoms with Crippen LogP contribution in [-0.2, 0) is 11.3 Å². The fourth-order valence-electron chi connectivity index (χ4n) is 2.70. The molecule has 0 spiro atoms. The molecule has 0 aliphatic carbocycles. The number of nitrogens with one attached hydrogen (secondary N) is 1. The minimum Gasteiger partial charge on any atom is -0.372 e. The normalized spacial score (nSPS) is 10.5. The quantitative estimate of drug-likeness (QED) is 0.791. The fraction of sp³-hybridized carbons (Fsp3) is 0.400. The first kappa shape index (κ1) is 18.0. The van der Waals surface area contributed by atoms with Gasteiger partial charge in [-0.15, -0.1) is 0 Å². The maximum Gasteiger partial charge on any atom is 0.230 e. The van der Waals surface area contributed by atoms with E-state index in [1.54, 1.807) is 0 Å². The first-order valence-corrected chi connectivity index (χ1v) is 8.64. The van der Waals surface area contributed by atoms with Crippen molar-refractivity contribution in [3.05, 3.63) is 53.9 Å². The Morgan fingerprint density at radius 2 is 1.75 bits per heavy atom. The van der Waals surface area contributed by atoms with Gasteiger partial charge in [-0.1, -0.05) is 0 Å². The van der Waals surface area contributed by atoms with Crippen molar-refractivity contribution in [2.45, 2.75) is 40.7 Å². The zero-order valence-electron chi connectivity index (χ0n) is 15.2. The number of anilines is 2. The number of rotatable bonds is 7. The van der Waals surface area contributed by atoms with E-state index in [-0.39, 0.29) is 5.91 Å². The molecule has 0 radical (unpaired) electrons. The lowest BCUT2D eigenvalue weighted by molar-refractivity contribution is -0.695. The molecule has 4 nitrogen and oxygen atoms in total. The van der Waals surface area contributed by atoms with Crippen molar-refractivity contribution in [3.63, 3.8) is 0 Å². The van der Waals surface area contributed by atoms with Gasteiger partial charge in [-0.05, 0) is 57.0 Å². The molecule has 0 aliphatic rings. The highest BCUT2D eigenvalue weighted by Crippen LogP contribution is 2.22. The van der Waals surface area contributed by atoms with Crippen molar-refractivity contribution in [1.82, 2.24) is 0 Å². The van der Waals surface area contributed by atoms with Gasteiger partial charge in [0.1, 0.15) is 0 Å². The Morgan fingerprint density at radius 1 is 1.08 bits per heavy atom. The van der Waals surface area contributed by atoms with Crippen molar-refractivity contribution in [2.75, 3.05) is 23.3 Å². The first-order valence-electron chi connectivity index (χ1n) is 8.64. The van der Waals surface area contributed by atoms with Crippen molar-refractivity contribution in [2.24, 2.45) is 0 Å². The second-order valence-electron chi connectivity index (χ2n) is 6.08. The van der Waals surface area contributed by atoms with E-state index in [0.29, 0.717) is 13.0 Å². The zero-order valence-corrected chi connectivity index (χ0v) is 15.2. The van der Waals surface area contributed by atoms with E-state index in [9.17, 15) is 4.79 Å². The van der Waals surface area contributed by atoms with Crippen molar-refractivity contribution in [3.8, 4) is 0 Å². The van der Waals surface area contributed by atoms with Crippen LogP contribution in [0.2, 0.25) is 0 Å². The van der Waals surface area contributed by atoms with Crippen molar-refractivity contribution >= 4 is 17.3 Å². The molecule has 1 N–H and O–H groups in total. The van der Waals surface area contributed by atoms with Crippen LogP contribution in [0.3, 0.4) is 0 Å². The molecule has 0 aliphatic heterocycles. The lowest BCUT2D eigenvalue weighted by Crippen LogP contribution is -2.34. The second-order valence-corrected chi connectivity index (χ2v) is 6.08. The highest BCUT2D eigenvalue weighted by molar-refractivity contribution is 5.91. The molecule has 1 amide bonds. The van der Waals surface area contributed by atoms with Crippen LogP contribution in [0, 0.1) is 13.8 Å².